The Morgan fingerprint density at radius 3 is 2.38 bits per heavy atom. The minimum atomic E-state index is -0.863. The third-order valence-electron chi connectivity index (χ3n) is 2.73. The first-order chi connectivity index (χ1) is 10.1. The van der Waals surface area contributed by atoms with Gasteiger partial charge in [0.2, 0.25) is 0 Å². The average Bonchev–Trinajstić information content (AvgIpc) is 2.48. The molecule has 2 aromatic carbocycles. The van der Waals surface area contributed by atoms with Crippen molar-refractivity contribution in [3.63, 3.8) is 0 Å². The monoisotopic (exact) mass is 306 g/mol. The second-order valence-corrected chi connectivity index (χ2v) is 4.62. The maximum Gasteiger partial charge on any atom is 0.313 e. The molecule has 0 radical (unpaired) electrons. The van der Waals surface area contributed by atoms with Crippen molar-refractivity contribution in [1.29, 1.82) is 0 Å². The summed E-state index contributed by atoms with van der Waals surface area (Å²) in [6, 6.07) is 12.6. The Labute approximate surface area is 125 Å². The molecule has 0 unspecified atom stereocenters. The molecule has 0 spiro atoms. The fourth-order valence-corrected chi connectivity index (χ4v) is 1.82. The summed E-state index contributed by atoms with van der Waals surface area (Å²) in [4.78, 5) is 23.3. The van der Waals surface area contributed by atoms with Crippen LogP contribution in [0.5, 0.6) is 0 Å². The molecule has 108 valence electrons. The van der Waals surface area contributed by atoms with E-state index < -0.39 is 17.6 Å². The van der Waals surface area contributed by atoms with Crippen LogP contribution in [0, 0.1) is 5.82 Å². The van der Waals surface area contributed by atoms with Crippen molar-refractivity contribution >= 4 is 29.1 Å². The molecule has 0 aliphatic carbocycles. The highest BCUT2D eigenvalue weighted by atomic mass is 35.5. The Hall–Kier alpha value is -2.40. The average molecular weight is 307 g/mol. The molecule has 6 heteroatoms. The third kappa shape index (κ3) is 4.03. The quantitative estimate of drug-likeness (QED) is 0.857. The minimum absolute atomic E-state index is 0.0680. The lowest BCUT2D eigenvalue weighted by atomic mass is 10.2. The van der Waals surface area contributed by atoms with Crippen molar-refractivity contribution in [2.24, 2.45) is 0 Å². The lowest BCUT2D eigenvalue weighted by Crippen LogP contribution is -2.35. The molecule has 21 heavy (non-hydrogen) atoms. The van der Waals surface area contributed by atoms with Crippen molar-refractivity contribution in [3.8, 4) is 0 Å². The predicted octanol–water partition coefficient (Wildman–Crippen LogP) is 2.73. The molecule has 0 aliphatic rings. The predicted molar refractivity (Wildman–Crippen MR) is 78.3 cm³/mol. The number of carbonyl (C=O) groups excluding carboxylic acids is 2. The SMILES string of the molecule is O=C(NCc1ccccc1F)C(=O)Nc1ccccc1Cl. The van der Waals surface area contributed by atoms with Crippen molar-refractivity contribution in [3.05, 3.63) is 64.9 Å². The van der Waals surface area contributed by atoms with Crippen molar-refractivity contribution < 1.29 is 14.0 Å². The zero-order valence-corrected chi connectivity index (χ0v) is 11.7. The van der Waals surface area contributed by atoms with E-state index in [9.17, 15) is 14.0 Å². The van der Waals surface area contributed by atoms with Gasteiger partial charge in [0.25, 0.3) is 0 Å². The van der Waals surface area contributed by atoms with Gasteiger partial charge in [-0.25, -0.2) is 4.39 Å². The van der Waals surface area contributed by atoms with Crippen LogP contribution in [0.25, 0.3) is 0 Å². The van der Waals surface area contributed by atoms with Crippen LogP contribution < -0.4 is 10.6 Å². The first-order valence-corrected chi connectivity index (χ1v) is 6.53. The largest absolute Gasteiger partial charge is 0.344 e. The summed E-state index contributed by atoms with van der Waals surface area (Å²) in [5.41, 5.74) is 0.640. The fourth-order valence-electron chi connectivity index (χ4n) is 1.64. The molecule has 0 heterocycles. The summed E-state index contributed by atoms with van der Waals surface area (Å²) in [6.45, 7) is -0.0680. The van der Waals surface area contributed by atoms with Crippen molar-refractivity contribution in [1.82, 2.24) is 5.32 Å². The van der Waals surface area contributed by atoms with E-state index in [4.69, 9.17) is 11.6 Å². The number of benzene rings is 2. The third-order valence-corrected chi connectivity index (χ3v) is 3.06. The van der Waals surface area contributed by atoms with E-state index in [0.717, 1.165) is 0 Å². The first kappa shape index (κ1) is 15.0. The summed E-state index contributed by atoms with van der Waals surface area (Å²) in [5, 5.41) is 5.06. The number of anilines is 1. The molecule has 0 fully saturated rings. The molecule has 0 atom stereocenters. The number of rotatable bonds is 3. The van der Waals surface area contributed by atoms with Crippen LogP contribution in [-0.4, -0.2) is 11.8 Å². The van der Waals surface area contributed by atoms with Gasteiger partial charge < -0.3 is 10.6 Å². The molecule has 0 saturated carbocycles. The zero-order chi connectivity index (χ0) is 15.2. The van der Waals surface area contributed by atoms with Gasteiger partial charge in [0.1, 0.15) is 5.82 Å². The van der Waals surface area contributed by atoms with E-state index in [2.05, 4.69) is 10.6 Å². The van der Waals surface area contributed by atoms with Gasteiger partial charge in [0, 0.05) is 12.1 Å². The summed E-state index contributed by atoms with van der Waals surface area (Å²) in [7, 11) is 0. The van der Waals surface area contributed by atoms with Gasteiger partial charge in [0.05, 0.1) is 10.7 Å². The lowest BCUT2D eigenvalue weighted by Gasteiger charge is -2.08. The molecule has 0 bridgehead atoms. The number of hydrogen-bond donors (Lipinski definition) is 2. The smallest absolute Gasteiger partial charge is 0.313 e. The van der Waals surface area contributed by atoms with Gasteiger partial charge in [-0.3, -0.25) is 9.59 Å². The number of para-hydroxylation sites is 1. The zero-order valence-electron chi connectivity index (χ0n) is 10.9. The Morgan fingerprint density at radius 2 is 1.67 bits per heavy atom. The second-order valence-electron chi connectivity index (χ2n) is 4.21. The topological polar surface area (TPSA) is 58.2 Å². The van der Waals surface area contributed by atoms with E-state index in [1.807, 2.05) is 0 Å². The Morgan fingerprint density at radius 1 is 1.00 bits per heavy atom. The lowest BCUT2D eigenvalue weighted by molar-refractivity contribution is -0.136. The second kappa shape index (κ2) is 6.85. The maximum atomic E-state index is 13.4. The Balaban J connectivity index is 1.93. The molecule has 0 aromatic heterocycles. The van der Waals surface area contributed by atoms with Crippen LogP contribution in [0.3, 0.4) is 0 Å². The van der Waals surface area contributed by atoms with Gasteiger partial charge in [-0.2, -0.15) is 0 Å². The summed E-state index contributed by atoms with van der Waals surface area (Å²) < 4.78 is 13.4. The highest BCUT2D eigenvalue weighted by Crippen LogP contribution is 2.20. The van der Waals surface area contributed by atoms with Gasteiger partial charge in [-0.15, -0.1) is 0 Å². The summed E-state index contributed by atoms with van der Waals surface area (Å²) in [6.07, 6.45) is 0. The summed E-state index contributed by atoms with van der Waals surface area (Å²) >= 11 is 5.87. The molecule has 0 saturated heterocycles. The van der Waals surface area contributed by atoms with E-state index in [0.29, 0.717) is 16.3 Å². The summed E-state index contributed by atoms with van der Waals surface area (Å²) in [5.74, 6) is -2.16. The van der Waals surface area contributed by atoms with E-state index in [1.54, 1.807) is 36.4 Å². The fraction of sp³-hybridized carbons (Fsp3) is 0.0667. The molecule has 0 aliphatic heterocycles. The van der Waals surface area contributed by atoms with Crippen LogP contribution in [0.15, 0.2) is 48.5 Å². The van der Waals surface area contributed by atoms with Crippen LogP contribution in [0.1, 0.15) is 5.56 Å². The highest BCUT2D eigenvalue weighted by Gasteiger charge is 2.15. The molecule has 4 nitrogen and oxygen atoms in total. The van der Waals surface area contributed by atoms with E-state index in [-0.39, 0.29) is 6.54 Å². The first-order valence-electron chi connectivity index (χ1n) is 6.15. The van der Waals surface area contributed by atoms with Crippen molar-refractivity contribution in [2.75, 3.05) is 5.32 Å². The van der Waals surface area contributed by atoms with Gasteiger partial charge in [0.15, 0.2) is 0 Å². The number of hydrogen-bond acceptors (Lipinski definition) is 2. The van der Waals surface area contributed by atoms with Gasteiger partial charge in [-0.1, -0.05) is 41.9 Å². The van der Waals surface area contributed by atoms with Crippen LogP contribution >= 0.6 is 11.6 Å². The van der Waals surface area contributed by atoms with Gasteiger partial charge in [-0.05, 0) is 18.2 Å². The molecule has 2 amide bonds. The minimum Gasteiger partial charge on any atom is -0.344 e. The standard InChI is InChI=1S/C15H12ClFN2O2/c16-11-6-2-4-8-13(11)19-15(21)14(20)18-9-10-5-1-3-7-12(10)17/h1-8H,9H2,(H,18,20)(H,19,21). The number of amides is 2. The van der Waals surface area contributed by atoms with Crippen LogP contribution in [-0.2, 0) is 16.1 Å². The Bertz CT molecular complexity index is 676. The number of nitrogens with one attached hydrogen (secondary N) is 2. The molecular weight excluding hydrogens is 295 g/mol. The van der Waals surface area contributed by atoms with Crippen molar-refractivity contribution in [2.45, 2.75) is 6.54 Å². The maximum absolute atomic E-state index is 13.4. The van der Waals surface area contributed by atoms with Crippen LogP contribution in [0.2, 0.25) is 5.02 Å². The van der Waals surface area contributed by atoms with E-state index in [1.165, 1.54) is 12.1 Å². The molecular formula is C15H12ClFN2O2. The molecule has 2 aromatic rings. The van der Waals surface area contributed by atoms with E-state index >= 15 is 0 Å². The highest BCUT2D eigenvalue weighted by molar-refractivity contribution is 6.41. The molecule has 2 rings (SSSR count). The van der Waals surface area contributed by atoms with Crippen LogP contribution in [0.4, 0.5) is 10.1 Å². The number of carbonyl (C=O) groups is 2. The Kier molecular flexibility index (Phi) is 4.90. The van der Waals surface area contributed by atoms with Gasteiger partial charge >= 0.3 is 11.8 Å². The number of halogens is 2. The molecule has 2 N–H and O–H groups in total. The normalized spacial score (nSPS) is 10.0.